The molecule has 0 spiro atoms. The lowest BCUT2D eigenvalue weighted by Gasteiger charge is -2.25. The fraction of sp³-hybridized carbons (Fsp3) is 0.571. The number of nitrogens with one attached hydrogen (secondary N) is 1. The molecule has 1 saturated heterocycles. The van der Waals surface area contributed by atoms with Crippen LogP contribution in [0.2, 0.25) is 0 Å². The lowest BCUT2D eigenvalue weighted by molar-refractivity contribution is 0.584. The van der Waals surface area contributed by atoms with E-state index in [1.807, 2.05) is 0 Å². The van der Waals surface area contributed by atoms with Crippen LogP contribution in [0.3, 0.4) is 0 Å². The van der Waals surface area contributed by atoms with Gasteiger partial charge in [0.2, 0.25) is 0 Å². The second-order valence-electron chi connectivity index (χ2n) is 5.13. The van der Waals surface area contributed by atoms with E-state index in [0.29, 0.717) is 6.04 Å². The van der Waals surface area contributed by atoms with Gasteiger partial charge in [-0.1, -0.05) is 0 Å². The maximum atomic E-state index is 4.53. The summed E-state index contributed by atoms with van der Waals surface area (Å²) in [5.41, 5.74) is 2.35. The van der Waals surface area contributed by atoms with Crippen molar-refractivity contribution in [3.05, 3.63) is 17.3 Å². The predicted octanol–water partition coefficient (Wildman–Crippen LogP) is 2.58. The highest BCUT2D eigenvalue weighted by Crippen LogP contribution is 2.31. The van der Waals surface area contributed by atoms with Crippen molar-refractivity contribution in [3.8, 4) is 0 Å². The maximum Gasteiger partial charge on any atom is 0.150 e. The molecule has 0 aromatic carbocycles. The van der Waals surface area contributed by atoms with E-state index in [1.54, 1.807) is 17.7 Å². The van der Waals surface area contributed by atoms with Crippen LogP contribution in [-0.4, -0.2) is 35.6 Å². The van der Waals surface area contributed by atoms with E-state index >= 15 is 0 Å². The van der Waals surface area contributed by atoms with Crippen LogP contribution in [-0.2, 0) is 0 Å². The highest BCUT2D eigenvalue weighted by molar-refractivity contribution is 7.18. The van der Waals surface area contributed by atoms with Crippen LogP contribution in [0.4, 0.5) is 5.82 Å². The summed E-state index contributed by atoms with van der Waals surface area (Å²) in [7, 11) is 0. The zero-order valence-electron chi connectivity index (χ0n) is 11.5. The lowest BCUT2D eigenvalue weighted by Crippen LogP contribution is -2.38. The van der Waals surface area contributed by atoms with Crippen molar-refractivity contribution in [2.75, 3.05) is 24.5 Å². The number of hydrogen-bond acceptors (Lipinski definition) is 5. The average molecular weight is 276 g/mol. The number of likely N-dealkylation sites (N-methyl/N-ethyl adjacent to an activating group) is 1. The van der Waals surface area contributed by atoms with Crippen LogP contribution in [0, 0.1) is 6.92 Å². The highest BCUT2D eigenvalue weighted by atomic mass is 32.1. The minimum absolute atomic E-state index is 0.603. The van der Waals surface area contributed by atoms with Gasteiger partial charge in [0.1, 0.15) is 12.1 Å². The minimum atomic E-state index is 0.603. The van der Waals surface area contributed by atoms with Crippen molar-refractivity contribution in [3.63, 3.8) is 0 Å². The Morgan fingerprint density at radius 3 is 3.11 bits per heavy atom. The van der Waals surface area contributed by atoms with Crippen LogP contribution in [0.5, 0.6) is 0 Å². The van der Waals surface area contributed by atoms with Crippen LogP contribution in [0.1, 0.15) is 25.3 Å². The van der Waals surface area contributed by atoms with Crippen LogP contribution in [0.25, 0.3) is 10.2 Å². The number of rotatable bonds is 4. The normalized spacial score (nSPS) is 19.2. The summed E-state index contributed by atoms with van der Waals surface area (Å²) < 4.78 is 1.22. The van der Waals surface area contributed by atoms with E-state index in [9.17, 15) is 0 Å². The maximum absolute atomic E-state index is 4.53. The molecular formula is C14H20N4S. The Hall–Kier alpha value is -1.20. The molecule has 0 aliphatic carbocycles. The van der Waals surface area contributed by atoms with Gasteiger partial charge in [-0.25, -0.2) is 9.97 Å². The fourth-order valence-corrected chi connectivity index (χ4v) is 3.74. The summed E-state index contributed by atoms with van der Waals surface area (Å²) in [5, 5.41) is 5.73. The van der Waals surface area contributed by atoms with Crippen molar-refractivity contribution in [1.82, 2.24) is 15.3 Å². The number of hydrogen-bond donors (Lipinski definition) is 1. The number of anilines is 1. The Labute approximate surface area is 117 Å². The number of aryl methyl sites for hydroxylation is 1. The minimum Gasteiger partial charge on any atom is -0.354 e. The standard InChI is InChI=1S/C14H20N4S/c1-3-18(7-11-5-4-6-15-11)14-13-12(16-9-17-14)10(2)8-19-13/h8-9,11,15H,3-7H2,1-2H3. The zero-order chi connectivity index (χ0) is 13.2. The van der Waals surface area contributed by atoms with Gasteiger partial charge in [-0.2, -0.15) is 0 Å². The van der Waals surface area contributed by atoms with Crippen LogP contribution >= 0.6 is 11.3 Å². The molecule has 1 atom stereocenters. The quantitative estimate of drug-likeness (QED) is 0.932. The summed E-state index contributed by atoms with van der Waals surface area (Å²) in [5.74, 6) is 1.10. The van der Waals surface area contributed by atoms with E-state index < -0.39 is 0 Å². The molecule has 0 bridgehead atoms. The fourth-order valence-electron chi connectivity index (χ4n) is 2.73. The first-order valence-electron chi connectivity index (χ1n) is 6.96. The van der Waals surface area contributed by atoms with E-state index in [-0.39, 0.29) is 0 Å². The Balaban J connectivity index is 1.91. The lowest BCUT2D eigenvalue weighted by atomic mass is 10.2. The molecule has 1 fully saturated rings. The molecule has 0 saturated carbocycles. The predicted molar refractivity (Wildman–Crippen MR) is 81.1 cm³/mol. The first-order chi connectivity index (χ1) is 9.29. The Kier molecular flexibility index (Phi) is 3.66. The molecule has 4 nitrogen and oxygen atoms in total. The van der Waals surface area contributed by atoms with Gasteiger partial charge < -0.3 is 10.2 Å². The molecule has 1 aliphatic rings. The summed E-state index contributed by atoms with van der Waals surface area (Å²) in [4.78, 5) is 11.3. The summed E-state index contributed by atoms with van der Waals surface area (Å²) >= 11 is 1.76. The van der Waals surface area contributed by atoms with E-state index in [1.165, 1.54) is 23.1 Å². The molecular weight excluding hydrogens is 256 g/mol. The molecule has 0 amide bonds. The number of nitrogens with zero attached hydrogens (tertiary/aromatic N) is 3. The van der Waals surface area contributed by atoms with Crippen molar-refractivity contribution in [1.29, 1.82) is 0 Å². The molecule has 1 aliphatic heterocycles. The molecule has 2 aromatic heterocycles. The van der Waals surface area contributed by atoms with E-state index in [2.05, 4.69) is 39.4 Å². The smallest absolute Gasteiger partial charge is 0.150 e. The second kappa shape index (κ2) is 5.43. The molecule has 1 N–H and O–H groups in total. The Bertz CT molecular complexity index is 560. The molecule has 19 heavy (non-hydrogen) atoms. The molecule has 2 aromatic rings. The van der Waals surface area contributed by atoms with Gasteiger partial charge in [-0.3, -0.25) is 0 Å². The van der Waals surface area contributed by atoms with Crippen molar-refractivity contribution < 1.29 is 0 Å². The van der Waals surface area contributed by atoms with Crippen molar-refractivity contribution >= 4 is 27.4 Å². The third-order valence-corrected chi connectivity index (χ3v) is 4.88. The van der Waals surface area contributed by atoms with Crippen LogP contribution in [0.15, 0.2) is 11.7 Å². The van der Waals surface area contributed by atoms with Gasteiger partial charge in [0.15, 0.2) is 0 Å². The third-order valence-electron chi connectivity index (χ3n) is 3.80. The summed E-state index contributed by atoms with van der Waals surface area (Å²) in [6.07, 6.45) is 4.26. The largest absolute Gasteiger partial charge is 0.354 e. The van der Waals surface area contributed by atoms with E-state index in [0.717, 1.165) is 31.0 Å². The first-order valence-corrected chi connectivity index (χ1v) is 7.84. The Morgan fingerprint density at radius 1 is 1.47 bits per heavy atom. The van der Waals surface area contributed by atoms with Crippen LogP contribution < -0.4 is 10.2 Å². The third kappa shape index (κ3) is 2.44. The molecule has 3 rings (SSSR count). The molecule has 3 heterocycles. The van der Waals surface area contributed by atoms with Gasteiger partial charge in [0, 0.05) is 19.1 Å². The second-order valence-corrected chi connectivity index (χ2v) is 6.01. The zero-order valence-corrected chi connectivity index (χ0v) is 12.3. The summed E-state index contributed by atoms with van der Waals surface area (Å²) in [6.45, 7) is 7.49. The molecule has 102 valence electrons. The first kappa shape index (κ1) is 12.8. The summed E-state index contributed by atoms with van der Waals surface area (Å²) in [6, 6.07) is 0.603. The van der Waals surface area contributed by atoms with Gasteiger partial charge in [0.25, 0.3) is 0 Å². The van der Waals surface area contributed by atoms with Gasteiger partial charge in [0.05, 0.1) is 10.2 Å². The number of fused-ring (bicyclic) bond motifs is 1. The van der Waals surface area contributed by atoms with Crippen molar-refractivity contribution in [2.45, 2.75) is 32.7 Å². The molecule has 0 radical (unpaired) electrons. The van der Waals surface area contributed by atoms with Gasteiger partial charge >= 0.3 is 0 Å². The average Bonchev–Trinajstić information content (AvgIpc) is 3.06. The monoisotopic (exact) mass is 276 g/mol. The van der Waals surface area contributed by atoms with Gasteiger partial charge in [-0.15, -0.1) is 11.3 Å². The highest BCUT2D eigenvalue weighted by Gasteiger charge is 2.20. The van der Waals surface area contributed by atoms with Gasteiger partial charge in [-0.05, 0) is 44.2 Å². The van der Waals surface area contributed by atoms with Crippen molar-refractivity contribution in [2.24, 2.45) is 0 Å². The molecule has 1 unspecified atom stereocenters. The SMILES string of the molecule is CCN(CC1CCCN1)c1ncnc2c(C)csc12. The number of thiophene rings is 1. The van der Waals surface area contributed by atoms with E-state index in [4.69, 9.17) is 0 Å². The Morgan fingerprint density at radius 2 is 2.37 bits per heavy atom. The number of aromatic nitrogens is 2. The molecule has 5 heteroatoms. The topological polar surface area (TPSA) is 41.0 Å².